The van der Waals surface area contributed by atoms with Gasteiger partial charge in [-0.15, -0.1) is 0 Å². The standard InChI is InChI=1S/C17H17F4N3O2/c1-10-8-23(9-11(2)26-10)16(25)12-7-22-24(15(12)17(19,20)21)14-6-4-3-5-13(14)18/h3-7,10-11H,8-9H2,1-2H3/t10-,11+. The third-order valence-corrected chi connectivity index (χ3v) is 4.06. The molecule has 0 saturated carbocycles. The Labute approximate surface area is 147 Å². The number of carbonyl (C=O) groups excluding carboxylic acids is 1. The number of para-hydroxylation sites is 1. The Hall–Kier alpha value is -2.42. The number of halogens is 4. The van der Waals surface area contributed by atoms with Crippen LogP contribution in [0.4, 0.5) is 17.6 Å². The van der Waals surface area contributed by atoms with E-state index in [1.165, 1.54) is 23.1 Å². The van der Waals surface area contributed by atoms with Gasteiger partial charge in [0.2, 0.25) is 0 Å². The number of rotatable bonds is 2. The molecule has 26 heavy (non-hydrogen) atoms. The lowest BCUT2D eigenvalue weighted by atomic mass is 10.1. The van der Waals surface area contributed by atoms with E-state index in [1.54, 1.807) is 13.8 Å². The first-order valence-corrected chi connectivity index (χ1v) is 8.03. The quantitative estimate of drug-likeness (QED) is 0.762. The largest absolute Gasteiger partial charge is 0.434 e. The zero-order chi connectivity index (χ0) is 19.1. The van der Waals surface area contributed by atoms with Crippen LogP contribution in [-0.4, -0.2) is 45.9 Å². The summed E-state index contributed by atoms with van der Waals surface area (Å²) in [5.41, 5.74) is -2.27. The van der Waals surface area contributed by atoms with Gasteiger partial charge in [-0.3, -0.25) is 4.79 Å². The van der Waals surface area contributed by atoms with E-state index in [9.17, 15) is 22.4 Å². The van der Waals surface area contributed by atoms with Crippen molar-refractivity contribution in [3.05, 3.63) is 47.5 Å². The molecule has 2 aromatic rings. The van der Waals surface area contributed by atoms with Crippen molar-refractivity contribution in [3.8, 4) is 5.69 Å². The molecule has 2 heterocycles. The SMILES string of the molecule is C[C@@H]1CN(C(=O)c2cnn(-c3ccccc3F)c2C(F)(F)F)C[C@H](C)O1. The topological polar surface area (TPSA) is 47.4 Å². The van der Waals surface area contributed by atoms with Crippen LogP contribution in [0.5, 0.6) is 0 Å². The van der Waals surface area contributed by atoms with Gasteiger partial charge in [0.15, 0.2) is 5.69 Å². The van der Waals surface area contributed by atoms with Crippen molar-refractivity contribution in [1.29, 1.82) is 0 Å². The first-order valence-electron chi connectivity index (χ1n) is 8.03. The highest BCUT2D eigenvalue weighted by atomic mass is 19.4. The molecule has 0 N–H and O–H groups in total. The summed E-state index contributed by atoms with van der Waals surface area (Å²) in [6, 6.07) is 4.96. The minimum Gasteiger partial charge on any atom is -0.372 e. The molecule has 0 bridgehead atoms. The van der Waals surface area contributed by atoms with Crippen molar-refractivity contribution >= 4 is 5.91 Å². The molecule has 1 aliphatic heterocycles. The first kappa shape index (κ1) is 18.4. The number of morpholine rings is 1. The minimum absolute atomic E-state index is 0.172. The number of amides is 1. The number of ether oxygens (including phenoxy) is 1. The van der Waals surface area contributed by atoms with E-state index in [4.69, 9.17) is 4.74 Å². The summed E-state index contributed by atoms with van der Waals surface area (Å²) in [6.45, 7) is 3.82. The number of aromatic nitrogens is 2. The van der Waals surface area contributed by atoms with Gasteiger partial charge in [-0.2, -0.15) is 18.3 Å². The normalized spacial score (nSPS) is 21.1. The maximum atomic E-state index is 14.0. The van der Waals surface area contributed by atoms with Crippen LogP contribution >= 0.6 is 0 Å². The predicted molar refractivity (Wildman–Crippen MR) is 84.4 cm³/mol. The Morgan fingerprint density at radius 1 is 1.19 bits per heavy atom. The van der Waals surface area contributed by atoms with Gasteiger partial charge in [0.25, 0.3) is 5.91 Å². The van der Waals surface area contributed by atoms with Gasteiger partial charge in [0, 0.05) is 13.1 Å². The molecule has 1 aliphatic rings. The molecular formula is C17H17F4N3O2. The molecule has 1 aromatic heterocycles. The highest BCUT2D eigenvalue weighted by molar-refractivity contribution is 5.95. The predicted octanol–water partition coefficient (Wildman–Crippen LogP) is 3.28. The van der Waals surface area contributed by atoms with Crippen LogP contribution in [0.2, 0.25) is 0 Å². The van der Waals surface area contributed by atoms with Crippen molar-refractivity contribution in [1.82, 2.24) is 14.7 Å². The molecule has 140 valence electrons. The highest BCUT2D eigenvalue weighted by Gasteiger charge is 2.42. The van der Waals surface area contributed by atoms with Crippen molar-refractivity contribution < 1.29 is 27.1 Å². The number of carbonyl (C=O) groups is 1. The Bertz CT molecular complexity index is 809. The maximum absolute atomic E-state index is 14.0. The monoisotopic (exact) mass is 371 g/mol. The van der Waals surface area contributed by atoms with Gasteiger partial charge < -0.3 is 9.64 Å². The zero-order valence-corrected chi connectivity index (χ0v) is 14.1. The van der Waals surface area contributed by atoms with Crippen LogP contribution in [-0.2, 0) is 10.9 Å². The van der Waals surface area contributed by atoms with Gasteiger partial charge in [-0.1, -0.05) is 12.1 Å². The summed E-state index contributed by atoms with van der Waals surface area (Å²) < 4.78 is 60.9. The van der Waals surface area contributed by atoms with Gasteiger partial charge in [-0.25, -0.2) is 9.07 Å². The lowest BCUT2D eigenvalue weighted by Crippen LogP contribution is -2.48. The van der Waals surface area contributed by atoms with Crippen LogP contribution in [0.25, 0.3) is 5.69 Å². The summed E-state index contributed by atoms with van der Waals surface area (Å²) >= 11 is 0. The zero-order valence-electron chi connectivity index (χ0n) is 14.1. The smallest absolute Gasteiger partial charge is 0.372 e. The number of benzene rings is 1. The van der Waals surface area contributed by atoms with Gasteiger partial charge in [0.1, 0.15) is 11.5 Å². The minimum atomic E-state index is -4.88. The summed E-state index contributed by atoms with van der Waals surface area (Å²) in [5, 5.41) is 3.65. The second kappa shape index (κ2) is 6.71. The van der Waals surface area contributed by atoms with Gasteiger partial charge in [0.05, 0.1) is 24.0 Å². The molecular weight excluding hydrogens is 354 g/mol. The van der Waals surface area contributed by atoms with E-state index >= 15 is 0 Å². The Balaban J connectivity index is 2.06. The Kier molecular flexibility index (Phi) is 4.74. The number of hydrogen-bond acceptors (Lipinski definition) is 3. The Morgan fingerprint density at radius 3 is 2.38 bits per heavy atom. The molecule has 1 fully saturated rings. The van der Waals surface area contributed by atoms with Crippen LogP contribution in [0, 0.1) is 5.82 Å². The van der Waals surface area contributed by atoms with E-state index in [2.05, 4.69) is 5.10 Å². The van der Waals surface area contributed by atoms with Crippen LogP contribution in [0.1, 0.15) is 29.9 Å². The van der Waals surface area contributed by atoms with E-state index in [1.807, 2.05) is 0 Å². The average Bonchev–Trinajstić information content (AvgIpc) is 2.98. The fourth-order valence-electron chi connectivity index (χ4n) is 3.10. The highest BCUT2D eigenvalue weighted by Crippen LogP contribution is 2.35. The molecule has 9 heteroatoms. The lowest BCUT2D eigenvalue weighted by molar-refractivity contribution is -0.143. The molecule has 0 spiro atoms. The number of alkyl halides is 3. The summed E-state index contributed by atoms with van der Waals surface area (Å²) in [4.78, 5) is 14.0. The number of hydrogen-bond donors (Lipinski definition) is 0. The van der Waals surface area contributed by atoms with E-state index in [0.717, 1.165) is 12.3 Å². The van der Waals surface area contributed by atoms with E-state index in [0.29, 0.717) is 4.68 Å². The molecule has 5 nitrogen and oxygen atoms in total. The molecule has 2 atom stereocenters. The van der Waals surface area contributed by atoms with Crippen molar-refractivity contribution in [2.24, 2.45) is 0 Å². The molecule has 0 radical (unpaired) electrons. The maximum Gasteiger partial charge on any atom is 0.434 e. The van der Waals surface area contributed by atoms with Crippen molar-refractivity contribution in [2.75, 3.05) is 13.1 Å². The van der Waals surface area contributed by atoms with Crippen molar-refractivity contribution in [3.63, 3.8) is 0 Å². The second-order valence-corrected chi connectivity index (χ2v) is 6.24. The molecule has 3 rings (SSSR count). The lowest BCUT2D eigenvalue weighted by Gasteiger charge is -2.35. The third-order valence-electron chi connectivity index (χ3n) is 4.06. The molecule has 1 saturated heterocycles. The van der Waals surface area contributed by atoms with Gasteiger partial charge >= 0.3 is 6.18 Å². The summed E-state index contributed by atoms with van der Waals surface area (Å²) in [7, 11) is 0. The third kappa shape index (κ3) is 3.44. The molecule has 1 aromatic carbocycles. The number of nitrogens with zero attached hydrogens (tertiary/aromatic N) is 3. The van der Waals surface area contributed by atoms with Crippen molar-refractivity contribution in [2.45, 2.75) is 32.2 Å². The summed E-state index contributed by atoms with van der Waals surface area (Å²) in [6.07, 6.45) is -4.63. The van der Waals surface area contributed by atoms with Crippen LogP contribution < -0.4 is 0 Å². The second-order valence-electron chi connectivity index (χ2n) is 6.24. The average molecular weight is 371 g/mol. The molecule has 1 amide bonds. The van der Waals surface area contributed by atoms with Gasteiger partial charge in [-0.05, 0) is 26.0 Å². The fraction of sp³-hybridized carbons (Fsp3) is 0.412. The fourth-order valence-corrected chi connectivity index (χ4v) is 3.10. The van der Waals surface area contributed by atoms with E-state index < -0.39 is 29.2 Å². The van der Waals surface area contributed by atoms with Crippen LogP contribution in [0.15, 0.2) is 30.5 Å². The molecule has 0 unspecified atom stereocenters. The first-order chi connectivity index (χ1) is 12.2. The Morgan fingerprint density at radius 2 is 1.81 bits per heavy atom. The summed E-state index contributed by atoms with van der Waals surface area (Å²) in [5.74, 6) is -1.67. The molecule has 0 aliphatic carbocycles. The van der Waals surface area contributed by atoms with E-state index in [-0.39, 0.29) is 31.0 Å². The van der Waals surface area contributed by atoms with Crippen LogP contribution in [0.3, 0.4) is 0 Å².